The van der Waals surface area contributed by atoms with Crippen molar-refractivity contribution in [2.75, 3.05) is 26.5 Å². The molecule has 0 bridgehead atoms. The fourth-order valence-corrected chi connectivity index (χ4v) is 3.90. The summed E-state index contributed by atoms with van der Waals surface area (Å²) in [6.45, 7) is 0. The molecule has 2 aromatic heterocycles. The molecule has 0 saturated heterocycles. The van der Waals surface area contributed by atoms with Crippen LogP contribution in [0.4, 0.5) is 5.13 Å². The largest absolute Gasteiger partial charge is 0.465 e. The van der Waals surface area contributed by atoms with Crippen LogP contribution >= 0.6 is 23.3 Å². The summed E-state index contributed by atoms with van der Waals surface area (Å²) in [5.74, 6) is -0.831. The van der Waals surface area contributed by atoms with Gasteiger partial charge < -0.3 is 4.74 Å². The van der Waals surface area contributed by atoms with Crippen molar-refractivity contribution in [1.82, 2.24) is 14.3 Å². The second-order valence-corrected chi connectivity index (χ2v) is 8.17. The van der Waals surface area contributed by atoms with Crippen molar-refractivity contribution in [3.63, 3.8) is 0 Å². The lowest BCUT2D eigenvalue weighted by Crippen LogP contribution is -2.11. The summed E-state index contributed by atoms with van der Waals surface area (Å²) >= 11 is 2.62. The van der Waals surface area contributed by atoms with E-state index in [-0.39, 0.29) is 10.8 Å². The molecule has 0 radical (unpaired) electrons. The highest BCUT2D eigenvalue weighted by molar-refractivity contribution is 7.97. The predicted octanol–water partition coefficient (Wildman–Crippen LogP) is 3.81. The Kier molecular flexibility index (Phi) is 6.40. The highest BCUT2D eigenvalue weighted by atomic mass is 32.2. The van der Waals surface area contributed by atoms with Crippen molar-refractivity contribution in [2.24, 2.45) is 0 Å². The minimum atomic E-state index is -0.524. The number of hydrogen-bond acceptors (Lipinski definition) is 8. The Bertz CT molecular complexity index is 973. The van der Waals surface area contributed by atoms with Gasteiger partial charge in [0.05, 0.1) is 12.8 Å². The Morgan fingerprint density at radius 2 is 1.89 bits per heavy atom. The number of carbonyl (C=O) groups excluding carboxylic acids is 2. The molecule has 28 heavy (non-hydrogen) atoms. The molecule has 0 fully saturated rings. The number of nitrogens with one attached hydrogen (secondary N) is 1. The van der Waals surface area contributed by atoms with E-state index in [1.54, 1.807) is 48.5 Å². The Morgan fingerprint density at radius 3 is 2.50 bits per heavy atom. The molecular weight excluding hydrogens is 396 g/mol. The normalized spacial score (nSPS) is 10.7. The van der Waals surface area contributed by atoms with Crippen molar-refractivity contribution >= 4 is 40.3 Å². The SMILES string of the molecule is COC(=O)c1sc(NC(=O)c2ccc(SN(C)C)cc2)nc1-c1ccccn1. The van der Waals surface area contributed by atoms with Crippen LogP contribution in [0.25, 0.3) is 11.4 Å². The summed E-state index contributed by atoms with van der Waals surface area (Å²) in [4.78, 5) is 34.6. The molecule has 0 atom stereocenters. The average Bonchev–Trinajstić information content (AvgIpc) is 3.12. The molecule has 1 amide bonds. The molecule has 144 valence electrons. The number of methoxy groups -OCH3 is 1. The van der Waals surface area contributed by atoms with E-state index in [0.717, 1.165) is 16.2 Å². The third kappa shape index (κ3) is 4.75. The van der Waals surface area contributed by atoms with Gasteiger partial charge in [-0.15, -0.1) is 0 Å². The molecule has 3 aromatic rings. The molecule has 1 N–H and O–H groups in total. The van der Waals surface area contributed by atoms with Gasteiger partial charge in [-0.1, -0.05) is 17.4 Å². The lowest BCUT2D eigenvalue weighted by atomic mass is 10.2. The summed E-state index contributed by atoms with van der Waals surface area (Å²) in [5.41, 5.74) is 1.41. The number of hydrogen-bond donors (Lipinski definition) is 1. The molecule has 1 aromatic carbocycles. The van der Waals surface area contributed by atoms with Gasteiger partial charge in [0, 0.05) is 16.7 Å². The highest BCUT2D eigenvalue weighted by Gasteiger charge is 2.22. The van der Waals surface area contributed by atoms with Crippen LogP contribution in [0.2, 0.25) is 0 Å². The maximum absolute atomic E-state index is 12.6. The molecule has 0 unspecified atom stereocenters. The number of esters is 1. The van der Waals surface area contributed by atoms with Crippen LogP contribution in [0.1, 0.15) is 20.0 Å². The van der Waals surface area contributed by atoms with Gasteiger partial charge in [0.15, 0.2) is 5.13 Å². The second-order valence-electron chi connectivity index (χ2n) is 5.79. The Balaban J connectivity index is 1.83. The van der Waals surface area contributed by atoms with Crippen molar-refractivity contribution in [3.8, 4) is 11.4 Å². The molecule has 2 heterocycles. The number of aromatic nitrogens is 2. The highest BCUT2D eigenvalue weighted by Crippen LogP contribution is 2.31. The first kappa shape index (κ1) is 20.0. The summed E-state index contributed by atoms with van der Waals surface area (Å²) in [7, 11) is 5.20. The number of ether oxygens (including phenoxy) is 1. The lowest BCUT2D eigenvalue weighted by Gasteiger charge is -2.08. The van der Waals surface area contributed by atoms with Crippen LogP contribution in [0, 0.1) is 0 Å². The molecule has 7 nitrogen and oxygen atoms in total. The second kappa shape index (κ2) is 8.96. The Morgan fingerprint density at radius 1 is 1.14 bits per heavy atom. The third-order valence-corrected chi connectivity index (χ3v) is 5.33. The first-order chi connectivity index (χ1) is 13.5. The molecule has 0 saturated carbocycles. The van der Waals surface area contributed by atoms with Gasteiger partial charge in [-0.05, 0) is 62.4 Å². The fourth-order valence-electron chi connectivity index (χ4n) is 2.33. The standard InChI is InChI=1S/C19H18N4O3S2/c1-23(2)28-13-9-7-12(8-10-13)17(24)22-19-21-15(14-6-4-5-11-20-14)16(27-19)18(25)26-3/h4-11H,1-3H3,(H,21,22,24). The number of benzene rings is 1. The summed E-state index contributed by atoms with van der Waals surface area (Å²) in [6, 6.07) is 12.6. The number of nitrogens with zero attached hydrogens (tertiary/aromatic N) is 3. The third-order valence-electron chi connectivity index (χ3n) is 3.53. The van der Waals surface area contributed by atoms with E-state index >= 15 is 0 Å². The summed E-state index contributed by atoms with van der Waals surface area (Å²) < 4.78 is 6.80. The van der Waals surface area contributed by atoms with Crippen LogP contribution in [0.3, 0.4) is 0 Å². The minimum absolute atomic E-state index is 0.286. The topological polar surface area (TPSA) is 84.4 Å². The molecule has 0 aliphatic carbocycles. The van der Waals surface area contributed by atoms with Crippen LogP contribution < -0.4 is 5.32 Å². The van der Waals surface area contributed by atoms with Crippen molar-refractivity contribution in [2.45, 2.75) is 4.90 Å². The molecule has 0 aliphatic rings. The van der Waals surface area contributed by atoms with Gasteiger partial charge in [0.2, 0.25) is 0 Å². The first-order valence-corrected chi connectivity index (χ1v) is 9.84. The predicted molar refractivity (Wildman–Crippen MR) is 111 cm³/mol. The quantitative estimate of drug-likeness (QED) is 0.485. The minimum Gasteiger partial charge on any atom is -0.465 e. The smallest absolute Gasteiger partial charge is 0.350 e. The number of carbonyl (C=O) groups is 2. The van der Waals surface area contributed by atoms with Crippen molar-refractivity contribution in [1.29, 1.82) is 0 Å². The van der Waals surface area contributed by atoms with Gasteiger partial charge in [-0.25, -0.2) is 9.78 Å². The fraction of sp³-hybridized carbons (Fsp3) is 0.158. The number of anilines is 1. The van der Waals surface area contributed by atoms with Crippen molar-refractivity contribution in [3.05, 3.63) is 59.1 Å². The van der Waals surface area contributed by atoms with E-state index in [2.05, 4.69) is 15.3 Å². The van der Waals surface area contributed by atoms with Crippen LogP contribution in [-0.2, 0) is 4.74 Å². The van der Waals surface area contributed by atoms with E-state index in [1.807, 2.05) is 30.5 Å². The number of amides is 1. The molecule has 9 heteroatoms. The molecule has 0 spiro atoms. The maximum Gasteiger partial charge on any atom is 0.350 e. The monoisotopic (exact) mass is 414 g/mol. The van der Waals surface area contributed by atoms with E-state index in [1.165, 1.54) is 7.11 Å². The zero-order chi connectivity index (χ0) is 20.1. The zero-order valence-electron chi connectivity index (χ0n) is 15.5. The van der Waals surface area contributed by atoms with Crippen LogP contribution in [-0.4, -0.2) is 47.4 Å². The average molecular weight is 415 g/mol. The molecular formula is C19H18N4O3S2. The number of pyridine rings is 1. The zero-order valence-corrected chi connectivity index (χ0v) is 17.1. The van der Waals surface area contributed by atoms with Gasteiger partial charge >= 0.3 is 5.97 Å². The van der Waals surface area contributed by atoms with Gasteiger partial charge in [0.25, 0.3) is 5.91 Å². The number of thiazole rings is 1. The Hall–Kier alpha value is -2.75. The first-order valence-electron chi connectivity index (χ1n) is 8.25. The van der Waals surface area contributed by atoms with Crippen molar-refractivity contribution < 1.29 is 14.3 Å². The van der Waals surface area contributed by atoms with Gasteiger partial charge in [0.1, 0.15) is 10.6 Å². The summed E-state index contributed by atoms with van der Waals surface area (Å²) in [6.07, 6.45) is 1.61. The van der Waals surface area contributed by atoms with Crippen LogP contribution in [0.15, 0.2) is 53.6 Å². The lowest BCUT2D eigenvalue weighted by molar-refractivity contribution is 0.0606. The Labute approximate surface area is 170 Å². The molecule has 3 rings (SSSR count). The van der Waals surface area contributed by atoms with E-state index in [4.69, 9.17) is 4.74 Å². The summed E-state index contributed by atoms with van der Waals surface area (Å²) in [5, 5.41) is 3.05. The van der Waals surface area contributed by atoms with E-state index in [0.29, 0.717) is 22.1 Å². The van der Waals surface area contributed by atoms with E-state index in [9.17, 15) is 9.59 Å². The van der Waals surface area contributed by atoms with Gasteiger partial charge in [-0.2, -0.15) is 0 Å². The van der Waals surface area contributed by atoms with Gasteiger partial charge in [-0.3, -0.25) is 19.4 Å². The maximum atomic E-state index is 12.6. The number of rotatable bonds is 6. The van der Waals surface area contributed by atoms with E-state index < -0.39 is 5.97 Å². The van der Waals surface area contributed by atoms with Crippen LogP contribution in [0.5, 0.6) is 0 Å². The molecule has 0 aliphatic heterocycles.